The molecule has 1 aliphatic carbocycles. The normalized spacial score (nSPS) is 36.1. The molecular formula is C6H12N2O. The van der Waals surface area contributed by atoms with Crippen LogP contribution in [-0.2, 0) is 0 Å². The Morgan fingerprint density at radius 1 is 1.33 bits per heavy atom. The molecule has 1 fully saturated rings. The summed E-state index contributed by atoms with van der Waals surface area (Å²) >= 11 is 0. The van der Waals surface area contributed by atoms with Crippen molar-refractivity contribution in [1.82, 2.24) is 0 Å². The smallest absolute Gasteiger partial charge is 0.107 e. The zero-order chi connectivity index (χ0) is 6.69. The summed E-state index contributed by atoms with van der Waals surface area (Å²) in [5, 5.41) is 2.95. The van der Waals surface area contributed by atoms with E-state index >= 15 is 0 Å². The van der Waals surface area contributed by atoms with Gasteiger partial charge in [-0.2, -0.15) is 4.91 Å². The maximum Gasteiger partial charge on any atom is 0.107 e. The van der Waals surface area contributed by atoms with Gasteiger partial charge in [-0.25, -0.2) is 0 Å². The zero-order valence-corrected chi connectivity index (χ0v) is 5.42. The second kappa shape index (κ2) is 2.92. The summed E-state index contributed by atoms with van der Waals surface area (Å²) in [5.41, 5.74) is 5.60. The Morgan fingerprint density at radius 2 is 2.00 bits per heavy atom. The molecule has 9 heavy (non-hydrogen) atoms. The predicted octanol–water partition coefficient (Wildman–Crippen LogP) is 1.02. The largest absolute Gasteiger partial charge is 0.326 e. The van der Waals surface area contributed by atoms with Gasteiger partial charge in [-0.1, -0.05) is 18.0 Å². The molecule has 0 bridgehead atoms. The first-order chi connectivity index (χ1) is 4.34. The Labute approximate surface area is 54.6 Å². The van der Waals surface area contributed by atoms with Crippen molar-refractivity contribution < 1.29 is 0 Å². The molecule has 1 rings (SSSR count). The molecule has 1 aliphatic rings. The van der Waals surface area contributed by atoms with Gasteiger partial charge in [0.2, 0.25) is 0 Å². The lowest BCUT2D eigenvalue weighted by molar-refractivity contribution is 0.384. The first-order valence-corrected chi connectivity index (χ1v) is 3.42. The van der Waals surface area contributed by atoms with Crippen molar-refractivity contribution in [3.63, 3.8) is 0 Å². The molecule has 3 nitrogen and oxygen atoms in total. The molecule has 0 saturated heterocycles. The van der Waals surface area contributed by atoms with Crippen LogP contribution in [0.4, 0.5) is 0 Å². The van der Waals surface area contributed by atoms with E-state index in [1.165, 1.54) is 0 Å². The molecule has 1 saturated carbocycles. The average Bonchev–Trinajstić information content (AvgIpc) is 1.89. The molecule has 0 aromatic rings. The third-order valence-electron chi connectivity index (χ3n) is 1.92. The molecule has 0 aliphatic heterocycles. The number of nitrogens with two attached hydrogens (primary N) is 1. The van der Waals surface area contributed by atoms with Crippen molar-refractivity contribution in [1.29, 1.82) is 0 Å². The van der Waals surface area contributed by atoms with Crippen LogP contribution in [0.25, 0.3) is 0 Å². The van der Waals surface area contributed by atoms with Crippen molar-refractivity contribution in [2.45, 2.75) is 37.8 Å². The summed E-state index contributed by atoms with van der Waals surface area (Å²) in [7, 11) is 0. The number of hydrogen-bond donors (Lipinski definition) is 1. The van der Waals surface area contributed by atoms with Gasteiger partial charge in [-0.05, 0) is 12.8 Å². The summed E-state index contributed by atoms with van der Waals surface area (Å²) in [5.74, 6) is 0. The Kier molecular flexibility index (Phi) is 2.16. The van der Waals surface area contributed by atoms with E-state index in [-0.39, 0.29) is 12.1 Å². The summed E-state index contributed by atoms with van der Waals surface area (Å²) in [6.07, 6.45) is 4.14. The van der Waals surface area contributed by atoms with Crippen LogP contribution in [-0.4, -0.2) is 12.1 Å². The lowest BCUT2D eigenvalue weighted by Gasteiger charge is -2.21. The summed E-state index contributed by atoms with van der Waals surface area (Å²) < 4.78 is 0. The van der Waals surface area contributed by atoms with Gasteiger partial charge in [0.15, 0.2) is 0 Å². The maximum absolute atomic E-state index is 10.0. The van der Waals surface area contributed by atoms with Gasteiger partial charge in [0.25, 0.3) is 0 Å². The van der Waals surface area contributed by atoms with Crippen LogP contribution in [0.15, 0.2) is 5.18 Å². The van der Waals surface area contributed by atoms with Crippen LogP contribution in [0.5, 0.6) is 0 Å². The monoisotopic (exact) mass is 128 g/mol. The lowest BCUT2D eigenvalue weighted by atomic mass is 9.92. The molecule has 2 atom stereocenters. The molecule has 0 aromatic heterocycles. The Hall–Kier alpha value is -0.440. The van der Waals surface area contributed by atoms with Gasteiger partial charge in [-0.3, -0.25) is 0 Å². The van der Waals surface area contributed by atoms with Crippen LogP contribution >= 0.6 is 0 Å². The van der Waals surface area contributed by atoms with E-state index in [9.17, 15) is 4.91 Å². The van der Waals surface area contributed by atoms with E-state index in [4.69, 9.17) is 5.73 Å². The standard InChI is InChI=1S/C6H12N2O/c7-5-3-1-2-4-6(5)8-9/h5-6H,1-4,7H2/t5-,6?/m0/s1. The van der Waals surface area contributed by atoms with Crippen LogP contribution < -0.4 is 5.73 Å². The van der Waals surface area contributed by atoms with E-state index in [0.717, 1.165) is 25.7 Å². The van der Waals surface area contributed by atoms with Crippen molar-refractivity contribution in [3.8, 4) is 0 Å². The zero-order valence-electron chi connectivity index (χ0n) is 5.42. The Morgan fingerprint density at radius 3 is 2.44 bits per heavy atom. The van der Waals surface area contributed by atoms with Crippen molar-refractivity contribution >= 4 is 0 Å². The molecule has 1 unspecified atom stereocenters. The highest BCUT2D eigenvalue weighted by atomic mass is 16.3. The predicted molar refractivity (Wildman–Crippen MR) is 36.0 cm³/mol. The van der Waals surface area contributed by atoms with Crippen molar-refractivity contribution in [2.24, 2.45) is 10.9 Å². The average molecular weight is 128 g/mol. The summed E-state index contributed by atoms with van der Waals surface area (Å²) in [4.78, 5) is 10.0. The van der Waals surface area contributed by atoms with E-state index < -0.39 is 0 Å². The van der Waals surface area contributed by atoms with Gasteiger partial charge < -0.3 is 5.73 Å². The van der Waals surface area contributed by atoms with E-state index in [1.807, 2.05) is 0 Å². The third kappa shape index (κ3) is 1.48. The first kappa shape index (κ1) is 6.68. The molecule has 52 valence electrons. The fourth-order valence-corrected chi connectivity index (χ4v) is 1.27. The summed E-state index contributed by atoms with van der Waals surface area (Å²) in [6, 6.07) is -0.0602. The highest BCUT2D eigenvalue weighted by Crippen LogP contribution is 2.18. The van der Waals surface area contributed by atoms with Crippen molar-refractivity contribution in [2.75, 3.05) is 0 Å². The van der Waals surface area contributed by atoms with Crippen LogP contribution in [0.3, 0.4) is 0 Å². The van der Waals surface area contributed by atoms with Gasteiger partial charge in [-0.15, -0.1) is 0 Å². The quantitative estimate of drug-likeness (QED) is 0.536. The number of nitrogens with zero attached hydrogens (tertiary/aromatic N) is 1. The van der Waals surface area contributed by atoms with Crippen LogP contribution in [0.2, 0.25) is 0 Å². The molecule has 2 N–H and O–H groups in total. The van der Waals surface area contributed by atoms with Crippen molar-refractivity contribution in [3.05, 3.63) is 4.91 Å². The first-order valence-electron chi connectivity index (χ1n) is 3.42. The maximum atomic E-state index is 10.0. The van der Waals surface area contributed by atoms with E-state index in [1.54, 1.807) is 0 Å². The highest BCUT2D eigenvalue weighted by molar-refractivity contribution is 4.82. The fraction of sp³-hybridized carbons (Fsp3) is 1.00. The minimum Gasteiger partial charge on any atom is -0.326 e. The molecular weight excluding hydrogens is 116 g/mol. The Bertz CT molecular complexity index is 105. The van der Waals surface area contributed by atoms with Gasteiger partial charge >= 0.3 is 0 Å². The Balaban J connectivity index is 2.38. The molecule has 0 heterocycles. The lowest BCUT2D eigenvalue weighted by Crippen LogP contribution is -2.35. The van der Waals surface area contributed by atoms with Crippen LogP contribution in [0.1, 0.15) is 25.7 Å². The third-order valence-corrected chi connectivity index (χ3v) is 1.92. The van der Waals surface area contributed by atoms with Gasteiger partial charge in [0.05, 0.1) is 0 Å². The topological polar surface area (TPSA) is 55.4 Å². The van der Waals surface area contributed by atoms with Crippen LogP contribution in [0, 0.1) is 4.91 Å². The van der Waals surface area contributed by atoms with E-state index in [0.29, 0.717) is 0 Å². The molecule has 0 amide bonds. The second-order valence-corrected chi connectivity index (χ2v) is 2.62. The van der Waals surface area contributed by atoms with E-state index in [2.05, 4.69) is 5.18 Å². The number of nitroso groups, excluding NO2 is 1. The SMILES string of the molecule is N[C@H]1CCCCC1N=O. The fourth-order valence-electron chi connectivity index (χ4n) is 1.27. The highest BCUT2D eigenvalue weighted by Gasteiger charge is 2.21. The number of hydrogen-bond acceptors (Lipinski definition) is 3. The molecule has 0 radical (unpaired) electrons. The molecule has 0 aromatic carbocycles. The summed E-state index contributed by atoms with van der Waals surface area (Å²) in [6.45, 7) is 0. The minimum atomic E-state index is -0.0984. The van der Waals surface area contributed by atoms with Gasteiger partial charge in [0.1, 0.15) is 6.04 Å². The van der Waals surface area contributed by atoms with Gasteiger partial charge in [0, 0.05) is 6.04 Å². The number of rotatable bonds is 1. The molecule has 0 spiro atoms. The second-order valence-electron chi connectivity index (χ2n) is 2.62. The minimum absolute atomic E-state index is 0.0382. The molecule has 3 heteroatoms.